The molecule has 0 saturated carbocycles. The number of oxazole rings is 2. The van der Waals surface area contributed by atoms with Crippen LogP contribution in [0.3, 0.4) is 0 Å². The summed E-state index contributed by atoms with van der Waals surface area (Å²) >= 11 is 18.5. The van der Waals surface area contributed by atoms with Gasteiger partial charge in [0.1, 0.15) is 23.9 Å². The van der Waals surface area contributed by atoms with Crippen molar-refractivity contribution in [3.63, 3.8) is 0 Å². The minimum absolute atomic E-state index is 0. The second-order valence-electron chi connectivity index (χ2n) is 11.9. The van der Waals surface area contributed by atoms with Gasteiger partial charge in [-0.05, 0) is 113 Å². The molecule has 2 atom stereocenters. The fourth-order valence-corrected chi connectivity index (χ4v) is 2.85. The molecule has 2 unspecified atom stereocenters. The topological polar surface area (TPSA) is 320 Å². The first-order valence-electron chi connectivity index (χ1n) is 18.5. The molecule has 3 heterocycles. The van der Waals surface area contributed by atoms with E-state index in [1.807, 2.05) is 0 Å². The minimum atomic E-state index is -3.22. The van der Waals surface area contributed by atoms with Gasteiger partial charge in [0.05, 0.1) is 37.8 Å². The number of aliphatic hydroxyl groups excluding tert-OH is 3. The summed E-state index contributed by atoms with van der Waals surface area (Å²) in [5.41, 5.74) is 4.92. The van der Waals surface area contributed by atoms with E-state index in [1.165, 1.54) is 39.8 Å². The predicted octanol–water partition coefficient (Wildman–Crippen LogP) is 1.64. The molecule has 27 heteroatoms. The maximum Gasteiger partial charge on any atom is 1.00 e. The molecule has 3 rings (SSSR count). The zero-order valence-electron chi connectivity index (χ0n) is 38.3. The zero-order valence-corrected chi connectivity index (χ0v) is 41.2. The molecule has 0 bridgehead atoms. The van der Waals surface area contributed by atoms with Gasteiger partial charge in [-0.2, -0.15) is 0 Å². The van der Waals surface area contributed by atoms with Crippen LogP contribution in [0, 0.1) is 13.8 Å². The fourth-order valence-electron chi connectivity index (χ4n) is 2.80. The summed E-state index contributed by atoms with van der Waals surface area (Å²) in [6.45, 7) is 16.7. The number of nitrogens with two attached hydrogens (primary N) is 1. The van der Waals surface area contributed by atoms with Crippen molar-refractivity contribution in [1.29, 1.82) is 0 Å². The molecule has 0 amide bonds. The van der Waals surface area contributed by atoms with Gasteiger partial charge in [0.2, 0.25) is 5.89 Å². The number of ketones is 5. The molecule has 2 aromatic heterocycles. The van der Waals surface area contributed by atoms with E-state index >= 15 is 0 Å². The monoisotopic (exact) mass is 1030 g/mol. The van der Waals surface area contributed by atoms with E-state index < -0.39 is 51.6 Å². The molecule has 0 aromatic carbocycles. The maximum absolute atomic E-state index is 10.9. The summed E-state index contributed by atoms with van der Waals surface area (Å²) in [6.07, 6.45) is 5.55. The number of carbonyl (C=O) groups excluding carboxylic acids is 8. The Morgan fingerprint density at radius 1 is 0.812 bits per heavy atom. The number of ether oxygens (including phenoxy) is 3. The number of aliphatic hydroxyl groups is 3. The van der Waals surface area contributed by atoms with Gasteiger partial charge in [0.15, 0.2) is 40.5 Å². The molecule has 64 heavy (non-hydrogen) atoms. The standard InChI is InChI=1S/C7H9NO3.C7H12O3.C7H10O3.C5H7NO2.C4H5ClO3.C4H8O.C3H9NO.Al.Cl3OP.Li.4H/c1-3-10-7(9)6-8-4-5(2)11-6;2*1-5(8)3-4-7(10)6(2)9;1-4-2-6-5(3-7)8-4;1-2-8-4(7)3(5)6;1-2-4-5-3-1;1-3(5)2-4;;1-5(2,3)4;;;;;/h4H,3H2,1-2H3;5,8H,3-4H2,1-2H3;3-4H2,1-2H3;2,7H,3H2,1H3;2H2,1H3;1-4H2;3,5H,2,4H2,1H3;;;;;;;/q;;;;;;;;;+1;;;;-1. The van der Waals surface area contributed by atoms with Crippen LogP contribution in [0.5, 0.6) is 0 Å². The van der Waals surface area contributed by atoms with Crippen LogP contribution >= 0.6 is 50.5 Å². The molecule has 5 N–H and O–H groups in total. The minimum Gasteiger partial charge on any atom is -1.00 e. The van der Waals surface area contributed by atoms with Crippen LogP contribution in [-0.4, -0.2) is 134 Å². The van der Waals surface area contributed by atoms with Crippen molar-refractivity contribution in [2.75, 3.05) is 33.0 Å². The molecule has 2 aromatic rings. The van der Waals surface area contributed by atoms with Crippen molar-refractivity contribution in [1.82, 2.24) is 9.97 Å². The largest absolute Gasteiger partial charge is 1.00 e. The van der Waals surface area contributed by atoms with E-state index in [2.05, 4.69) is 53.2 Å². The average Bonchev–Trinajstić information content (AvgIpc) is 3.98. The summed E-state index contributed by atoms with van der Waals surface area (Å²) in [7, 11) is 0. The van der Waals surface area contributed by atoms with Gasteiger partial charge in [-0.15, -0.1) is 0 Å². The van der Waals surface area contributed by atoms with Crippen molar-refractivity contribution < 1.29 is 102 Å². The molecule has 1 fully saturated rings. The molecule has 0 radical (unpaired) electrons. The Labute approximate surface area is 417 Å². The maximum atomic E-state index is 10.9. The van der Waals surface area contributed by atoms with Crippen LogP contribution in [0.1, 0.15) is 117 Å². The van der Waals surface area contributed by atoms with E-state index in [4.69, 9.17) is 46.2 Å². The van der Waals surface area contributed by atoms with Crippen LogP contribution < -0.4 is 24.6 Å². The number of aryl methyl sites for hydroxylation is 2. The summed E-state index contributed by atoms with van der Waals surface area (Å²) in [4.78, 5) is 90.2. The summed E-state index contributed by atoms with van der Waals surface area (Å²) in [5, 5.41) is 21.1. The average molecular weight is 1030 g/mol. The number of carbonyl (C=O) groups is 8. The molecular formula is C37H64AlCl4LiN3O17P. The third-order valence-electron chi connectivity index (χ3n) is 5.76. The van der Waals surface area contributed by atoms with Crippen LogP contribution in [0.2, 0.25) is 0 Å². The van der Waals surface area contributed by atoms with Crippen molar-refractivity contribution in [3.05, 3.63) is 35.7 Å². The first-order chi connectivity index (χ1) is 28.6. The smallest absolute Gasteiger partial charge is 1.00 e. The number of hydrogen-bond acceptors (Lipinski definition) is 20. The number of rotatable bonds is 14. The van der Waals surface area contributed by atoms with E-state index in [0.717, 1.165) is 19.0 Å². The number of Topliss-reactive ketones (excluding diaryl/α,β-unsaturated/α-hetero) is 5. The number of hydrogen-bond donors (Lipinski definition) is 4. The Morgan fingerprint density at radius 3 is 1.47 bits per heavy atom. The van der Waals surface area contributed by atoms with E-state index in [-0.39, 0.29) is 87.9 Å². The zero-order chi connectivity index (χ0) is 49.4. The van der Waals surface area contributed by atoms with Gasteiger partial charge in [-0.3, -0.25) is 28.5 Å². The van der Waals surface area contributed by atoms with Crippen molar-refractivity contribution in [3.8, 4) is 0 Å². The first kappa shape index (κ1) is 76.0. The first-order valence-corrected chi connectivity index (χ1v) is 23.3. The number of esters is 2. The Kier molecular flexibility index (Phi) is 57.7. The van der Waals surface area contributed by atoms with E-state index in [1.54, 1.807) is 47.7 Å². The number of aromatic nitrogens is 2. The Hall–Kier alpha value is -2.30. The van der Waals surface area contributed by atoms with Crippen molar-refractivity contribution >= 4 is 114 Å². The van der Waals surface area contributed by atoms with E-state index in [0.29, 0.717) is 31.2 Å². The quantitative estimate of drug-likeness (QED) is 0.0687. The third kappa shape index (κ3) is 64.0. The van der Waals surface area contributed by atoms with Crippen molar-refractivity contribution in [2.24, 2.45) is 5.73 Å². The van der Waals surface area contributed by atoms with Gasteiger partial charge < -0.3 is 50.3 Å². The van der Waals surface area contributed by atoms with Crippen LogP contribution in [0.25, 0.3) is 0 Å². The molecule has 20 nitrogen and oxygen atoms in total. The predicted molar refractivity (Wildman–Crippen MR) is 241 cm³/mol. The molecule has 366 valence electrons. The van der Waals surface area contributed by atoms with Gasteiger partial charge in [0, 0.05) is 52.9 Å². The van der Waals surface area contributed by atoms with Crippen LogP contribution in [0.4, 0.5) is 0 Å². The SMILES string of the molecule is C1CCOC1.CC(=O)C(=O)CCC(C)O.CC(=O)CCC(=O)C(C)=O.CC(O)CN.CCOC(=O)C(=O)Cl.CCOC(=O)c1ncc(C)o1.Cc1cnc(CO)o1.O=P(Cl)(Cl)Cl.[AlH3].[H-].[Li+]. The molecular weight excluding hydrogens is 965 g/mol. The second-order valence-corrected chi connectivity index (χ2v) is 18.8. The van der Waals surface area contributed by atoms with Gasteiger partial charge in [-0.1, -0.05) is 0 Å². The van der Waals surface area contributed by atoms with Gasteiger partial charge >= 0.3 is 47.1 Å². The fraction of sp³-hybridized carbons (Fsp3) is 0.622. The normalized spacial score (nSPS) is 11.3. The molecule has 1 aliphatic heterocycles. The summed E-state index contributed by atoms with van der Waals surface area (Å²) in [5.74, 6) is -1.60. The number of nitrogens with zero attached hydrogens (tertiary/aromatic N) is 2. The van der Waals surface area contributed by atoms with Crippen LogP contribution in [0.15, 0.2) is 21.2 Å². The van der Waals surface area contributed by atoms with Gasteiger partial charge in [-0.25, -0.2) is 19.6 Å². The van der Waals surface area contributed by atoms with Crippen molar-refractivity contribution in [2.45, 2.75) is 120 Å². The summed E-state index contributed by atoms with van der Waals surface area (Å²) < 4.78 is 33.1. The molecule has 1 saturated heterocycles. The van der Waals surface area contributed by atoms with Crippen LogP contribution in [-0.2, 0) is 58.9 Å². The molecule has 1 aliphatic rings. The van der Waals surface area contributed by atoms with E-state index in [9.17, 15) is 42.9 Å². The number of halogens is 4. The Balaban J connectivity index is -0.0000000960. The van der Waals surface area contributed by atoms with Gasteiger partial charge in [0.25, 0.3) is 0 Å². The third-order valence-corrected chi connectivity index (χ3v) is 5.91. The Bertz CT molecular complexity index is 1630. The summed E-state index contributed by atoms with van der Waals surface area (Å²) in [6, 6.07) is 0. The Morgan fingerprint density at radius 2 is 1.23 bits per heavy atom. The molecule has 0 aliphatic carbocycles. The second kappa shape index (κ2) is 48.6. The molecule has 0 spiro atoms.